The van der Waals surface area contributed by atoms with Crippen molar-refractivity contribution in [3.8, 4) is 16.9 Å². The van der Waals surface area contributed by atoms with Crippen LogP contribution in [0.4, 0.5) is 24.2 Å². The first kappa shape index (κ1) is 29.7. The van der Waals surface area contributed by atoms with E-state index in [9.17, 15) is 18.4 Å². The molecular weight excluding hydrogens is 556 g/mol. The van der Waals surface area contributed by atoms with Crippen molar-refractivity contribution in [1.82, 2.24) is 29.8 Å². The maximum atomic E-state index is 14.2. The number of para-hydroxylation sites is 1. The molecule has 0 radical (unpaired) electrons. The number of urea groups is 1. The van der Waals surface area contributed by atoms with Crippen LogP contribution in [0.15, 0.2) is 60.9 Å². The highest BCUT2D eigenvalue weighted by atomic mass is 19.2. The number of carbonyl (C=O) groups excluding carboxylic acids is 2. The largest absolute Gasteiger partial charge is 0.444 e. The molecule has 0 spiro atoms. The molecule has 5 rings (SSSR count). The molecule has 3 heterocycles. The van der Waals surface area contributed by atoms with Crippen molar-refractivity contribution in [3.63, 3.8) is 0 Å². The number of carbonyl (C=O) groups is 2. The van der Waals surface area contributed by atoms with E-state index in [1.807, 2.05) is 50.5 Å². The lowest BCUT2D eigenvalue weighted by Gasteiger charge is -2.39. The minimum atomic E-state index is -0.972. The molecule has 226 valence electrons. The first-order chi connectivity index (χ1) is 20.4. The van der Waals surface area contributed by atoms with Gasteiger partial charge in [-0.2, -0.15) is 10.2 Å². The molecule has 12 heteroatoms. The number of aryl methyl sites for hydroxylation is 1. The highest BCUT2D eigenvalue weighted by Gasteiger charge is 2.36. The van der Waals surface area contributed by atoms with Crippen LogP contribution in [0, 0.1) is 18.6 Å². The van der Waals surface area contributed by atoms with Crippen molar-refractivity contribution in [2.24, 2.45) is 7.05 Å². The molecule has 1 aliphatic heterocycles. The van der Waals surface area contributed by atoms with Gasteiger partial charge in [0.15, 0.2) is 11.6 Å². The zero-order valence-corrected chi connectivity index (χ0v) is 24.8. The summed E-state index contributed by atoms with van der Waals surface area (Å²) < 4.78 is 36.9. The van der Waals surface area contributed by atoms with Crippen LogP contribution in [-0.2, 0) is 11.8 Å². The van der Waals surface area contributed by atoms with Crippen molar-refractivity contribution in [3.05, 3.63) is 83.7 Å². The van der Waals surface area contributed by atoms with Gasteiger partial charge < -0.3 is 15.0 Å². The van der Waals surface area contributed by atoms with Crippen LogP contribution in [0.2, 0.25) is 0 Å². The first-order valence-corrected chi connectivity index (χ1v) is 14.0. The topological polar surface area (TPSA) is 106 Å². The zero-order chi connectivity index (χ0) is 30.9. The molecule has 1 fully saturated rings. The number of likely N-dealkylation sites (tertiary alicyclic amines) is 1. The van der Waals surface area contributed by atoms with Gasteiger partial charge in [-0.1, -0.05) is 24.3 Å². The van der Waals surface area contributed by atoms with Gasteiger partial charge >= 0.3 is 12.1 Å². The highest BCUT2D eigenvalue weighted by Crippen LogP contribution is 2.32. The lowest BCUT2D eigenvalue weighted by atomic mass is 9.85. The molecule has 1 aliphatic rings. The van der Waals surface area contributed by atoms with E-state index in [1.54, 1.807) is 36.3 Å². The molecule has 0 aliphatic carbocycles. The van der Waals surface area contributed by atoms with Crippen LogP contribution in [0.5, 0.6) is 0 Å². The Kier molecular flexibility index (Phi) is 8.21. The van der Waals surface area contributed by atoms with Crippen molar-refractivity contribution in [1.29, 1.82) is 0 Å². The molecule has 0 bridgehead atoms. The Bertz CT molecular complexity index is 1630. The fourth-order valence-electron chi connectivity index (χ4n) is 5.26. The molecule has 2 aromatic heterocycles. The number of ether oxygens (including phenoxy) is 1. The van der Waals surface area contributed by atoms with Crippen molar-refractivity contribution in [2.45, 2.75) is 51.7 Å². The van der Waals surface area contributed by atoms with E-state index in [0.717, 1.165) is 28.9 Å². The lowest BCUT2D eigenvalue weighted by Crippen LogP contribution is -2.54. The Labute approximate surface area is 248 Å². The zero-order valence-electron chi connectivity index (χ0n) is 24.8. The van der Waals surface area contributed by atoms with E-state index in [4.69, 9.17) is 9.84 Å². The van der Waals surface area contributed by atoms with Crippen LogP contribution >= 0.6 is 0 Å². The molecule has 43 heavy (non-hydrogen) atoms. The van der Waals surface area contributed by atoms with Crippen LogP contribution in [0.1, 0.15) is 44.2 Å². The van der Waals surface area contributed by atoms with Gasteiger partial charge in [0, 0.05) is 43.4 Å². The second kappa shape index (κ2) is 11.9. The summed E-state index contributed by atoms with van der Waals surface area (Å²) in [4.78, 5) is 28.1. The standard InChI is InChI=1S/C31H35F2N7O3/c1-19-27(21-16-34-38(5)17-21)37-40(22-9-7-6-8-10-22)28(19)36-29(41)35-26-18-39(30(42)43-31(2,3)4)14-13-23(26)20-11-12-24(32)25(33)15-20/h6-12,15-17,23,26H,13-14,18H2,1-5H3,(H2,35,36,41). The highest BCUT2D eigenvalue weighted by molar-refractivity contribution is 5.91. The van der Waals surface area contributed by atoms with Gasteiger partial charge in [0.05, 0.1) is 17.9 Å². The third kappa shape index (κ3) is 6.68. The number of aromatic nitrogens is 4. The summed E-state index contributed by atoms with van der Waals surface area (Å²) in [6.45, 7) is 7.64. The van der Waals surface area contributed by atoms with E-state index >= 15 is 0 Å². The number of hydrogen-bond acceptors (Lipinski definition) is 5. The maximum absolute atomic E-state index is 14.2. The molecule has 1 saturated heterocycles. The van der Waals surface area contributed by atoms with Gasteiger partial charge in [-0.05, 0) is 63.9 Å². The minimum absolute atomic E-state index is 0.115. The SMILES string of the molecule is Cc1c(-c2cnn(C)c2)nn(-c2ccccc2)c1NC(=O)NC1CN(C(=O)OC(C)(C)C)CCC1c1ccc(F)c(F)c1. The van der Waals surface area contributed by atoms with E-state index in [-0.39, 0.29) is 12.5 Å². The minimum Gasteiger partial charge on any atom is -0.444 e. The number of nitrogens with zero attached hydrogens (tertiary/aromatic N) is 5. The number of benzene rings is 2. The fourth-order valence-corrected chi connectivity index (χ4v) is 5.26. The van der Waals surface area contributed by atoms with Gasteiger partial charge in [-0.25, -0.2) is 23.1 Å². The van der Waals surface area contributed by atoms with Crippen LogP contribution in [0.25, 0.3) is 16.9 Å². The summed E-state index contributed by atoms with van der Waals surface area (Å²) in [5, 5.41) is 15.0. The average molecular weight is 592 g/mol. The third-order valence-corrected chi connectivity index (χ3v) is 7.29. The Morgan fingerprint density at radius 1 is 1.07 bits per heavy atom. The van der Waals surface area contributed by atoms with E-state index in [1.165, 1.54) is 11.0 Å². The van der Waals surface area contributed by atoms with Gasteiger partial charge in [-0.3, -0.25) is 10.00 Å². The predicted molar refractivity (Wildman–Crippen MR) is 158 cm³/mol. The molecule has 4 aromatic rings. The normalized spacial score (nSPS) is 17.0. The predicted octanol–water partition coefficient (Wildman–Crippen LogP) is 5.77. The van der Waals surface area contributed by atoms with Crippen molar-refractivity contribution in [2.75, 3.05) is 18.4 Å². The summed E-state index contributed by atoms with van der Waals surface area (Å²) in [5.74, 6) is -1.86. The third-order valence-electron chi connectivity index (χ3n) is 7.29. The Hall–Kier alpha value is -4.74. The lowest BCUT2D eigenvalue weighted by molar-refractivity contribution is 0.0175. The maximum Gasteiger partial charge on any atom is 0.410 e. The second-order valence-corrected chi connectivity index (χ2v) is 11.7. The summed E-state index contributed by atoms with van der Waals surface area (Å²) in [6, 6.07) is 11.9. The van der Waals surface area contributed by atoms with E-state index < -0.39 is 35.4 Å². The summed E-state index contributed by atoms with van der Waals surface area (Å²) in [6.07, 6.45) is 3.44. The summed E-state index contributed by atoms with van der Waals surface area (Å²) in [5.41, 5.74) is 2.73. The smallest absolute Gasteiger partial charge is 0.410 e. The molecule has 0 saturated carbocycles. The molecule has 2 unspecified atom stereocenters. The number of amides is 3. The van der Waals surface area contributed by atoms with Gasteiger partial charge in [0.2, 0.25) is 0 Å². The van der Waals surface area contributed by atoms with Crippen LogP contribution in [0.3, 0.4) is 0 Å². The van der Waals surface area contributed by atoms with Crippen LogP contribution < -0.4 is 10.6 Å². The average Bonchev–Trinajstić information content (AvgIpc) is 3.52. The van der Waals surface area contributed by atoms with Gasteiger partial charge in [0.25, 0.3) is 0 Å². The fraction of sp³-hybridized carbons (Fsp3) is 0.355. The number of piperidine rings is 1. The van der Waals surface area contributed by atoms with Gasteiger partial charge in [-0.15, -0.1) is 0 Å². The number of hydrogen-bond donors (Lipinski definition) is 2. The Morgan fingerprint density at radius 3 is 2.47 bits per heavy atom. The number of rotatable bonds is 5. The van der Waals surface area contributed by atoms with E-state index in [0.29, 0.717) is 30.0 Å². The summed E-state index contributed by atoms with van der Waals surface area (Å²) >= 11 is 0. The number of nitrogens with one attached hydrogen (secondary N) is 2. The van der Waals surface area contributed by atoms with Crippen molar-refractivity contribution < 1.29 is 23.1 Å². The van der Waals surface area contributed by atoms with Crippen LogP contribution in [-0.4, -0.2) is 61.3 Å². The van der Waals surface area contributed by atoms with Gasteiger partial charge in [0.1, 0.15) is 17.1 Å². The second-order valence-electron chi connectivity index (χ2n) is 11.7. The van der Waals surface area contributed by atoms with E-state index in [2.05, 4.69) is 15.7 Å². The Morgan fingerprint density at radius 2 is 1.81 bits per heavy atom. The molecular formula is C31H35F2N7O3. The Balaban J connectivity index is 1.44. The van der Waals surface area contributed by atoms with Crippen molar-refractivity contribution >= 4 is 17.9 Å². The molecule has 10 nitrogen and oxygen atoms in total. The monoisotopic (exact) mass is 591 g/mol. The molecule has 2 atom stereocenters. The number of halogens is 2. The summed E-state index contributed by atoms with van der Waals surface area (Å²) in [7, 11) is 1.81. The molecule has 3 amide bonds. The first-order valence-electron chi connectivity index (χ1n) is 14.0. The molecule has 2 N–H and O–H groups in total. The molecule has 2 aromatic carbocycles. The number of anilines is 1. The quantitative estimate of drug-likeness (QED) is 0.306.